The van der Waals surface area contributed by atoms with Crippen molar-refractivity contribution in [1.29, 1.82) is 0 Å². The normalized spacial score (nSPS) is 36.4. The topological polar surface area (TPSA) is 37.3 Å². The molecule has 0 radical (unpaired) electrons. The maximum Gasteiger partial charge on any atom is 0.164 e. The van der Waals surface area contributed by atoms with Gasteiger partial charge in [0.15, 0.2) is 5.78 Å². The molecule has 2 heteroatoms. The first-order valence-corrected chi connectivity index (χ1v) is 4.99. The van der Waals surface area contributed by atoms with E-state index < -0.39 is 5.60 Å². The average molecular weight is 184 g/mol. The van der Waals surface area contributed by atoms with Gasteiger partial charge in [-0.15, -0.1) is 0 Å². The molecule has 0 bridgehead atoms. The third-order valence-electron chi connectivity index (χ3n) is 3.19. The zero-order valence-corrected chi connectivity index (χ0v) is 9.05. The average Bonchev–Trinajstić information content (AvgIpc) is 1.92. The largest absolute Gasteiger partial charge is 0.382 e. The highest BCUT2D eigenvalue weighted by Gasteiger charge is 2.41. The molecule has 0 aromatic rings. The van der Waals surface area contributed by atoms with E-state index in [0.717, 1.165) is 6.42 Å². The molecule has 0 spiro atoms. The molecule has 1 rings (SSSR count). The first kappa shape index (κ1) is 10.7. The molecule has 0 aromatic carbocycles. The fourth-order valence-electron chi connectivity index (χ4n) is 2.01. The van der Waals surface area contributed by atoms with Crippen LogP contribution in [0.2, 0.25) is 0 Å². The molecule has 0 amide bonds. The summed E-state index contributed by atoms with van der Waals surface area (Å²) in [6.45, 7) is 8.16. The Labute approximate surface area is 80.3 Å². The molecule has 13 heavy (non-hydrogen) atoms. The van der Waals surface area contributed by atoms with Crippen LogP contribution in [0.5, 0.6) is 0 Å². The number of hydrogen-bond donors (Lipinski definition) is 1. The van der Waals surface area contributed by atoms with Gasteiger partial charge in [-0.05, 0) is 31.1 Å². The quantitative estimate of drug-likeness (QED) is 0.626. The van der Waals surface area contributed by atoms with Gasteiger partial charge in [0.05, 0.1) is 0 Å². The predicted octanol–water partition coefficient (Wildman–Crippen LogP) is 2.15. The Kier molecular flexibility index (Phi) is 2.54. The number of rotatable bonds is 0. The van der Waals surface area contributed by atoms with Gasteiger partial charge >= 0.3 is 0 Å². The Morgan fingerprint density at radius 3 is 2.38 bits per heavy atom. The summed E-state index contributed by atoms with van der Waals surface area (Å²) in [5.74, 6) is 0.466. The van der Waals surface area contributed by atoms with E-state index in [0.29, 0.717) is 18.8 Å². The Hall–Kier alpha value is -0.370. The number of aliphatic hydroxyl groups is 1. The van der Waals surface area contributed by atoms with E-state index in [4.69, 9.17) is 0 Å². The van der Waals surface area contributed by atoms with Crippen molar-refractivity contribution >= 4 is 5.78 Å². The second-order valence-corrected chi connectivity index (χ2v) is 5.50. The molecular formula is C11H20O2. The monoisotopic (exact) mass is 184 g/mol. The summed E-state index contributed by atoms with van der Waals surface area (Å²) < 4.78 is 0. The minimum Gasteiger partial charge on any atom is -0.382 e. The highest BCUT2D eigenvalue weighted by atomic mass is 16.3. The SMILES string of the molecule is CC(C)(C)[C@@H]1CCC(=O)[C@@](C)(O)C1. The van der Waals surface area contributed by atoms with Crippen LogP contribution >= 0.6 is 0 Å². The molecule has 1 fully saturated rings. The minimum absolute atomic E-state index is 0.00741. The highest BCUT2D eigenvalue weighted by molar-refractivity contribution is 5.87. The van der Waals surface area contributed by atoms with Crippen LogP contribution in [0.25, 0.3) is 0 Å². The summed E-state index contributed by atoms with van der Waals surface area (Å²) in [4.78, 5) is 11.3. The Balaban J connectivity index is 2.72. The van der Waals surface area contributed by atoms with Gasteiger partial charge < -0.3 is 5.11 Å². The molecule has 2 nitrogen and oxygen atoms in total. The van der Waals surface area contributed by atoms with Crippen LogP contribution in [-0.4, -0.2) is 16.5 Å². The molecule has 1 aliphatic carbocycles. The van der Waals surface area contributed by atoms with Crippen molar-refractivity contribution < 1.29 is 9.90 Å². The minimum atomic E-state index is -1.07. The number of hydrogen-bond acceptors (Lipinski definition) is 2. The third-order valence-corrected chi connectivity index (χ3v) is 3.19. The van der Waals surface area contributed by atoms with Crippen LogP contribution in [0.3, 0.4) is 0 Å². The number of carbonyl (C=O) groups is 1. The Morgan fingerprint density at radius 2 is 2.00 bits per heavy atom. The molecule has 2 atom stereocenters. The smallest absolute Gasteiger partial charge is 0.164 e. The first-order valence-electron chi connectivity index (χ1n) is 4.99. The van der Waals surface area contributed by atoms with Crippen molar-refractivity contribution in [2.45, 2.75) is 52.6 Å². The fraction of sp³-hybridized carbons (Fsp3) is 0.909. The van der Waals surface area contributed by atoms with Crippen molar-refractivity contribution in [3.63, 3.8) is 0 Å². The van der Waals surface area contributed by atoms with Gasteiger partial charge in [0.25, 0.3) is 0 Å². The lowest BCUT2D eigenvalue weighted by Gasteiger charge is -2.39. The number of ketones is 1. The van der Waals surface area contributed by atoms with Gasteiger partial charge in [0.2, 0.25) is 0 Å². The maximum atomic E-state index is 11.3. The van der Waals surface area contributed by atoms with Gasteiger partial charge in [-0.3, -0.25) is 4.79 Å². The lowest BCUT2D eigenvalue weighted by molar-refractivity contribution is -0.143. The molecule has 76 valence electrons. The molecule has 0 aliphatic heterocycles. The van der Waals surface area contributed by atoms with Crippen LogP contribution in [0, 0.1) is 11.3 Å². The van der Waals surface area contributed by atoms with Crippen LogP contribution in [-0.2, 0) is 4.79 Å². The Bertz CT molecular complexity index is 211. The van der Waals surface area contributed by atoms with E-state index in [-0.39, 0.29) is 11.2 Å². The summed E-state index contributed by atoms with van der Waals surface area (Å²) in [6.07, 6.45) is 2.09. The fourth-order valence-corrected chi connectivity index (χ4v) is 2.01. The molecule has 0 heterocycles. The molecule has 0 unspecified atom stereocenters. The van der Waals surface area contributed by atoms with E-state index in [2.05, 4.69) is 20.8 Å². The first-order chi connectivity index (χ1) is 5.73. The van der Waals surface area contributed by atoms with E-state index in [1.54, 1.807) is 6.92 Å². The standard InChI is InChI=1S/C11H20O2/c1-10(2,3)8-5-6-9(12)11(4,13)7-8/h8,13H,5-7H2,1-4H3/t8-,11+/m1/s1. The Morgan fingerprint density at radius 1 is 1.46 bits per heavy atom. The maximum absolute atomic E-state index is 11.3. The summed E-state index contributed by atoms with van der Waals surface area (Å²) in [6, 6.07) is 0. The lowest BCUT2D eigenvalue weighted by Crippen LogP contribution is -2.44. The van der Waals surface area contributed by atoms with Gasteiger partial charge in [0.1, 0.15) is 5.60 Å². The second kappa shape index (κ2) is 3.09. The molecule has 0 saturated heterocycles. The van der Waals surface area contributed by atoms with E-state index in [1.165, 1.54) is 0 Å². The van der Waals surface area contributed by atoms with E-state index in [9.17, 15) is 9.90 Å². The van der Waals surface area contributed by atoms with Gasteiger partial charge in [0, 0.05) is 6.42 Å². The van der Waals surface area contributed by atoms with E-state index >= 15 is 0 Å². The number of carbonyl (C=O) groups excluding carboxylic acids is 1. The van der Waals surface area contributed by atoms with Gasteiger partial charge in [-0.2, -0.15) is 0 Å². The van der Waals surface area contributed by atoms with Crippen LogP contribution in [0.1, 0.15) is 47.0 Å². The summed E-state index contributed by atoms with van der Waals surface area (Å²) in [5.41, 5.74) is -0.874. The summed E-state index contributed by atoms with van der Waals surface area (Å²) in [5, 5.41) is 9.83. The molecule has 1 N–H and O–H groups in total. The number of Topliss-reactive ketones (excluding diaryl/α,β-unsaturated/α-hetero) is 1. The van der Waals surface area contributed by atoms with Crippen molar-refractivity contribution in [2.24, 2.45) is 11.3 Å². The van der Waals surface area contributed by atoms with E-state index in [1.807, 2.05) is 0 Å². The molecule has 1 aliphatic rings. The second-order valence-electron chi connectivity index (χ2n) is 5.50. The van der Waals surface area contributed by atoms with Crippen LogP contribution in [0.15, 0.2) is 0 Å². The van der Waals surface area contributed by atoms with Crippen molar-refractivity contribution in [3.8, 4) is 0 Å². The molecule has 1 saturated carbocycles. The highest BCUT2D eigenvalue weighted by Crippen LogP contribution is 2.40. The predicted molar refractivity (Wildman–Crippen MR) is 52.4 cm³/mol. The van der Waals surface area contributed by atoms with Crippen molar-refractivity contribution in [1.82, 2.24) is 0 Å². The molecule has 0 aromatic heterocycles. The van der Waals surface area contributed by atoms with Gasteiger partial charge in [-0.25, -0.2) is 0 Å². The van der Waals surface area contributed by atoms with Crippen LogP contribution in [0.4, 0.5) is 0 Å². The van der Waals surface area contributed by atoms with Gasteiger partial charge in [-0.1, -0.05) is 20.8 Å². The van der Waals surface area contributed by atoms with Crippen molar-refractivity contribution in [3.05, 3.63) is 0 Å². The molecular weight excluding hydrogens is 164 g/mol. The van der Waals surface area contributed by atoms with Crippen LogP contribution < -0.4 is 0 Å². The summed E-state index contributed by atoms with van der Waals surface area (Å²) in [7, 11) is 0. The summed E-state index contributed by atoms with van der Waals surface area (Å²) >= 11 is 0. The zero-order chi connectivity index (χ0) is 10.3. The zero-order valence-electron chi connectivity index (χ0n) is 9.05. The lowest BCUT2D eigenvalue weighted by atomic mass is 9.67. The third kappa shape index (κ3) is 2.31. The van der Waals surface area contributed by atoms with Crippen molar-refractivity contribution in [2.75, 3.05) is 0 Å².